The molecule has 752 valence electrons. The number of nitrogens with two attached hydrogens (primary N) is 4. The van der Waals surface area contributed by atoms with Gasteiger partial charge >= 0.3 is 11.9 Å². The summed E-state index contributed by atoms with van der Waals surface area (Å²) in [4.78, 5) is 277. The number of carbonyl (C=O) groups is 19. The van der Waals surface area contributed by atoms with E-state index in [4.69, 9.17) is 28.3 Å². The molecule has 1 aliphatic rings. The Morgan fingerprint density at radius 3 is 1.44 bits per heavy atom. The van der Waals surface area contributed by atoms with Crippen LogP contribution in [0.25, 0.3) is 22.0 Å². The van der Waals surface area contributed by atoms with E-state index in [1.165, 1.54) is 53.1 Å². The number of aromatic amines is 1. The molecule has 17 amide bonds. The Balaban J connectivity index is 1.51. The number of amides is 17. The highest BCUT2D eigenvalue weighted by Crippen LogP contribution is 2.24. The van der Waals surface area contributed by atoms with Gasteiger partial charge in [-0.15, -0.1) is 11.8 Å². The number of primary amides is 2. The van der Waals surface area contributed by atoms with E-state index >= 15 is 28.8 Å². The SMILES string of the molecule is CC(C)C[C@@H]1NC(=O)[C@H](CCCN)NC(=O)[C@@H](CC(C)C)NC(=O)[C@H](C)N(C)C(=O)[C@H](CCCNC(=N)N)NC(=O)[C@H](Cc2ccc(-c3ccccc3)cc2)NC(=O)[C@H](C(C)C)NC(=O)[C@H](Cc2c[nH]c3ccccc23)NC(=O)[C@H](CC(=O)O)NC(=O)[C@H](Cc2ccc(C(=O)O)cc2)NC(=O)[C@H](CC(N)=O)NC(=O)CSC[C@@H](C(=O)N[C@@H](C)C(N)=O)NC(=O)[C@H]([C@@H](C)O)NC(=O)[C@H](C(C)C)NC1=O. The van der Waals surface area contributed by atoms with Gasteiger partial charge < -0.3 is 128 Å². The molecule has 28 N–H and O–H groups in total. The van der Waals surface area contributed by atoms with Gasteiger partial charge in [0.25, 0.3) is 0 Å². The number of nitrogens with one attached hydrogen (secondary N) is 17. The zero-order valence-corrected chi connectivity index (χ0v) is 80.1. The summed E-state index contributed by atoms with van der Waals surface area (Å²) in [6.45, 7) is 16.7. The lowest BCUT2D eigenvalue weighted by molar-refractivity contribution is -0.143. The lowest BCUT2D eigenvalue weighted by Crippen LogP contribution is -2.62. The van der Waals surface area contributed by atoms with Crippen LogP contribution in [0.2, 0.25) is 0 Å². The Bertz CT molecular complexity index is 5140. The molecule has 0 unspecified atom stereocenters. The van der Waals surface area contributed by atoms with Crippen molar-refractivity contribution in [3.05, 3.63) is 132 Å². The second-order valence-corrected chi connectivity index (χ2v) is 36.6. The van der Waals surface area contributed by atoms with Gasteiger partial charge in [0, 0.05) is 55.7 Å². The summed E-state index contributed by atoms with van der Waals surface area (Å²) in [5, 5.41) is 78.1. The number of fused-ring (bicyclic) bond motifs is 1. The van der Waals surface area contributed by atoms with Crippen molar-refractivity contribution in [2.75, 3.05) is 31.6 Å². The number of carboxylic acid groups (broad SMARTS) is 2. The Kier molecular flexibility index (Phi) is 44.5. The summed E-state index contributed by atoms with van der Waals surface area (Å²) in [7, 11) is 1.26. The monoisotopic (exact) mass is 1940 g/mol. The van der Waals surface area contributed by atoms with Gasteiger partial charge in [-0.3, -0.25) is 91.7 Å². The summed E-state index contributed by atoms with van der Waals surface area (Å²) in [5.74, 6) is -25.6. The van der Waals surface area contributed by atoms with E-state index in [0.717, 1.165) is 35.1 Å². The molecular weight excluding hydrogens is 1810 g/mol. The van der Waals surface area contributed by atoms with Gasteiger partial charge in [-0.2, -0.15) is 0 Å². The highest BCUT2D eigenvalue weighted by molar-refractivity contribution is 8.00. The van der Waals surface area contributed by atoms with Crippen molar-refractivity contribution < 1.29 is 106 Å². The summed E-state index contributed by atoms with van der Waals surface area (Å²) in [5.41, 5.74) is 25.6. The minimum Gasteiger partial charge on any atom is -0.481 e. The summed E-state index contributed by atoms with van der Waals surface area (Å²) in [6.07, 6.45) is -4.13. The molecular formula is C93H132N22O22S. The number of carboxylic acids is 2. The number of aliphatic hydroxyl groups is 1. The largest absolute Gasteiger partial charge is 0.481 e. The van der Waals surface area contributed by atoms with E-state index in [1.807, 2.05) is 30.3 Å². The number of nitrogens with zero attached hydrogens (tertiary/aromatic N) is 1. The van der Waals surface area contributed by atoms with Crippen LogP contribution in [0, 0.1) is 29.1 Å². The van der Waals surface area contributed by atoms with Crippen LogP contribution in [0.5, 0.6) is 0 Å². The normalized spacial score (nSPS) is 23.3. The number of thioether (sulfide) groups is 1. The number of hydrogen-bond acceptors (Lipinski definition) is 23. The number of hydrogen-bond donors (Lipinski definition) is 24. The smallest absolute Gasteiger partial charge is 0.335 e. The number of aliphatic carboxylic acids is 1. The number of carbonyl (C=O) groups excluding carboxylic acids is 17. The number of likely N-dealkylation sites (N-methyl/N-ethyl adjacent to an activating group) is 1. The van der Waals surface area contributed by atoms with Crippen LogP contribution >= 0.6 is 11.8 Å². The fourth-order valence-corrected chi connectivity index (χ4v) is 15.7. The molecule has 0 bridgehead atoms. The third kappa shape index (κ3) is 35.9. The van der Waals surface area contributed by atoms with E-state index in [0.29, 0.717) is 33.8 Å². The molecule has 1 aliphatic heterocycles. The van der Waals surface area contributed by atoms with E-state index in [9.17, 15) is 77.6 Å². The van der Waals surface area contributed by atoms with E-state index in [1.54, 1.807) is 90.1 Å². The fourth-order valence-electron chi connectivity index (χ4n) is 14.8. The lowest BCUT2D eigenvalue weighted by atomic mass is 9.98. The van der Waals surface area contributed by atoms with E-state index in [2.05, 4.69) is 84.7 Å². The number of aromatic nitrogens is 1. The first-order valence-corrected chi connectivity index (χ1v) is 46.6. The minimum absolute atomic E-state index is 0.00946. The number of H-pyrrole nitrogens is 1. The maximum atomic E-state index is 15.5. The fraction of sp³-hybridized carbons (Fsp3) is 0.505. The van der Waals surface area contributed by atoms with Gasteiger partial charge in [0.1, 0.15) is 90.6 Å². The standard InChI is InChI=1S/C93H132N22O22S/c1-46(2)36-63-80(124)103-61(24-18-34-94)79(123)106-64(37-47(3)4)85(129)113-75(49(7)8)89(133)114-76(52(11)116)90(134)111-70(87(131)101-50(9)77(96)121)44-138-45-72(118)102-68(41-71(95)117)83(127)107-65(38-54-28-32-57(33-29-54)92(136)137)82(126)109-69(42-73(119)120)84(128)108-67(40-58-43-100-60-23-17-16-22-59(58)60)86(130)112-74(48(5)6)88(132)110-66(39-53-26-30-56(31-27-53)55-20-14-13-15-21-55)81(125)104-62(25-19-35-99-93(97)98)91(135)115(12)51(10)78(122)105-63/h13-17,20-23,26-33,43,46-52,61-70,74-76,100,116H,18-19,24-25,34-42,44-45,94H2,1-12H3,(H2,95,117)(H2,96,121)(H,101,131)(H,102,118)(H,103,124)(H,104,125)(H,105,122)(H,106,123)(H,107,127)(H,108,128)(H,109,126)(H,110,132)(H,111,134)(H,112,130)(H,113,129)(H,114,133)(H,119,120)(H,136,137)(H4,97,98,99)/t50-,51-,52+,61-,62-,63+,64-,65-,66-,67-,68-,69-,70-,74-,75-,76-/m0/s1. The zero-order valence-electron chi connectivity index (χ0n) is 79.3. The third-order valence-corrected chi connectivity index (χ3v) is 23.7. The van der Waals surface area contributed by atoms with Crippen LogP contribution in [-0.4, -0.2) is 272 Å². The minimum atomic E-state index is -2.17. The molecule has 1 aromatic heterocycles. The molecule has 4 aromatic carbocycles. The van der Waals surface area contributed by atoms with Crippen LogP contribution in [0.1, 0.15) is 155 Å². The number of aromatic carboxylic acids is 1. The predicted molar refractivity (Wildman–Crippen MR) is 510 cm³/mol. The first-order valence-electron chi connectivity index (χ1n) is 45.4. The van der Waals surface area contributed by atoms with Crippen molar-refractivity contribution in [1.29, 1.82) is 5.41 Å². The van der Waals surface area contributed by atoms with Crippen LogP contribution in [-0.2, 0) is 106 Å². The number of aliphatic hydroxyl groups excluding tert-OH is 1. The molecule has 0 aliphatic carbocycles. The van der Waals surface area contributed by atoms with E-state index in [-0.39, 0.29) is 81.0 Å². The third-order valence-electron chi connectivity index (χ3n) is 22.6. The van der Waals surface area contributed by atoms with Crippen molar-refractivity contribution >= 4 is 141 Å². The summed E-state index contributed by atoms with van der Waals surface area (Å²) < 4.78 is 0. The molecule has 45 heteroatoms. The molecule has 138 heavy (non-hydrogen) atoms. The lowest BCUT2D eigenvalue weighted by Gasteiger charge is -2.32. The molecule has 0 spiro atoms. The van der Waals surface area contributed by atoms with Gasteiger partial charge in [0.05, 0.1) is 30.3 Å². The average molecular weight is 1940 g/mol. The highest BCUT2D eigenvalue weighted by Gasteiger charge is 2.42. The Morgan fingerprint density at radius 2 is 0.920 bits per heavy atom. The topological polar surface area (TPSA) is 712 Å². The number of para-hydroxylation sites is 1. The van der Waals surface area contributed by atoms with E-state index < -0.39 is 264 Å². The molecule has 6 rings (SSSR count). The van der Waals surface area contributed by atoms with Gasteiger partial charge in [-0.1, -0.05) is 140 Å². The van der Waals surface area contributed by atoms with Gasteiger partial charge in [-0.25, -0.2) is 4.79 Å². The van der Waals surface area contributed by atoms with Crippen molar-refractivity contribution in [1.82, 2.24) is 89.6 Å². The predicted octanol–water partition coefficient (Wildman–Crippen LogP) is -2.42. The van der Waals surface area contributed by atoms with Crippen LogP contribution in [0.15, 0.2) is 109 Å². The summed E-state index contributed by atoms with van der Waals surface area (Å²) in [6, 6.07) is 2.57. The number of rotatable bonds is 29. The second kappa shape index (κ2) is 54.6. The molecule has 0 radical (unpaired) electrons. The van der Waals surface area contributed by atoms with Crippen LogP contribution in [0.4, 0.5) is 0 Å². The zero-order chi connectivity index (χ0) is 103. The summed E-state index contributed by atoms with van der Waals surface area (Å²) >= 11 is 0.593. The quantitative estimate of drug-likeness (QED) is 0.0135. The Morgan fingerprint density at radius 1 is 0.486 bits per heavy atom. The first-order chi connectivity index (χ1) is 65.0. The number of guanidine groups is 1. The maximum absolute atomic E-state index is 15.5. The number of benzene rings is 4. The van der Waals surface area contributed by atoms with Crippen molar-refractivity contribution in [2.24, 2.45) is 46.6 Å². The molecule has 44 nitrogen and oxygen atoms in total. The van der Waals surface area contributed by atoms with Crippen LogP contribution < -0.4 is 103 Å². The highest BCUT2D eigenvalue weighted by atomic mass is 32.2. The molecule has 16 atom stereocenters. The molecule has 2 heterocycles. The van der Waals surface area contributed by atoms with Gasteiger partial charge in [-0.05, 0) is 136 Å². The van der Waals surface area contributed by atoms with Crippen molar-refractivity contribution in [3.63, 3.8) is 0 Å². The molecule has 5 aromatic rings. The molecule has 1 saturated heterocycles. The second-order valence-electron chi connectivity index (χ2n) is 35.6. The molecule has 1 fully saturated rings. The Hall–Kier alpha value is -14.1. The average Bonchev–Trinajstić information content (AvgIpc) is 1.63. The van der Waals surface area contributed by atoms with Crippen molar-refractivity contribution in [2.45, 2.75) is 244 Å². The van der Waals surface area contributed by atoms with Crippen molar-refractivity contribution in [3.8, 4) is 11.1 Å². The van der Waals surface area contributed by atoms with Gasteiger partial charge in [0.2, 0.25) is 100 Å². The maximum Gasteiger partial charge on any atom is 0.335 e. The first kappa shape index (κ1) is 113. The molecule has 0 saturated carbocycles. The Labute approximate surface area is 803 Å². The van der Waals surface area contributed by atoms with Gasteiger partial charge in [0.15, 0.2) is 5.96 Å². The van der Waals surface area contributed by atoms with Crippen LogP contribution in [0.3, 0.4) is 0 Å².